The summed E-state index contributed by atoms with van der Waals surface area (Å²) in [5, 5.41) is 6.08. The minimum atomic E-state index is -0.567. The maximum atomic E-state index is 13.0. The van der Waals surface area contributed by atoms with Crippen LogP contribution in [0.2, 0.25) is 0 Å². The molecule has 0 saturated heterocycles. The standard InChI is InChI=1S/C41H76N4O2/c1-3-5-7-9-11-13-15-17-19-21-23-25-27-29-31-33-40(46)45-39(35-38-36-42-37-44-38)41(47)43-34-32-30-28-26-24-22-20-18-16-14-12-10-8-6-4-2/h17,19,36-37,39H,3-16,18,20-35H2,1-2H3,(H,42,44)(H,43,47)(H,45,46). The molecule has 0 fully saturated rings. The van der Waals surface area contributed by atoms with E-state index in [2.05, 4.69) is 46.6 Å². The molecule has 0 aliphatic rings. The predicted molar refractivity (Wildman–Crippen MR) is 202 cm³/mol. The first kappa shape index (κ1) is 42.9. The lowest BCUT2D eigenvalue weighted by Gasteiger charge is -2.18. The first-order chi connectivity index (χ1) is 23.2. The first-order valence-corrected chi connectivity index (χ1v) is 20.4. The van der Waals surface area contributed by atoms with E-state index in [1.165, 1.54) is 148 Å². The van der Waals surface area contributed by atoms with E-state index in [0.717, 1.165) is 37.8 Å². The maximum Gasteiger partial charge on any atom is 0.242 e. The number of carbonyl (C=O) groups is 2. The van der Waals surface area contributed by atoms with Gasteiger partial charge >= 0.3 is 0 Å². The predicted octanol–water partition coefficient (Wildman–Crippen LogP) is 11.5. The highest BCUT2D eigenvalue weighted by Gasteiger charge is 2.21. The topological polar surface area (TPSA) is 86.9 Å². The van der Waals surface area contributed by atoms with E-state index in [1.54, 1.807) is 12.5 Å². The molecule has 6 nitrogen and oxygen atoms in total. The molecule has 6 heteroatoms. The number of allylic oxidation sites excluding steroid dienone is 2. The number of aromatic amines is 1. The van der Waals surface area contributed by atoms with Crippen molar-refractivity contribution < 1.29 is 9.59 Å². The van der Waals surface area contributed by atoms with Crippen LogP contribution < -0.4 is 10.6 Å². The quantitative estimate of drug-likeness (QED) is 0.0502. The summed E-state index contributed by atoms with van der Waals surface area (Å²) in [5.74, 6) is -0.128. The van der Waals surface area contributed by atoms with Gasteiger partial charge < -0.3 is 15.6 Å². The molecule has 0 spiro atoms. The van der Waals surface area contributed by atoms with Crippen LogP contribution in [0.5, 0.6) is 0 Å². The number of nitrogens with one attached hydrogen (secondary N) is 3. The number of imidazole rings is 1. The molecule has 1 atom stereocenters. The Morgan fingerprint density at radius 2 is 1.09 bits per heavy atom. The lowest BCUT2D eigenvalue weighted by Crippen LogP contribution is -2.48. The Morgan fingerprint density at radius 1 is 0.638 bits per heavy atom. The fraction of sp³-hybridized carbons (Fsp3) is 0.829. The van der Waals surface area contributed by atoms with E-state index in [-0.39, 0.29) is 11.8 Å². The number of aromatic nitrogens is 2. The molecule has 47 heavy (non-hydrogen) atoms. The van der Waals surface area contributed by atoms with Crippen LogP contribution in [0.4, 0.5) is 0 Å². The number of nitrogens with zero attached hydrogens (tertiary/aromatic N) is 1. The molecule has 1 aromatic rings. The van der Waals surface area contributed by atoms with Crippen LogP contribution in [0.3, 0.4) is 0 Å². The molecule has 1 unspecified atom stereocenters. The van der Waals surface area contributed by atoms with Crippen molar-refractivity contribution in [1.29, 1.82) is 0 Å². The maximum absolute atomic E-state index is 13.0. The Morgan fingerprint density at radius 3 is 1.55 bits per heavy atom. The van der Waals surface area contributed by atoms with Crippen molar-refractivity contribution in [3.8, 4) is 0 Å². The van der Waals surface area contributed by atoms with E-state index in [4.69, 9.17) is 0 Å². The zero-order chi connectivity index (χ0) is 33.9. The first-order valence-electron chi connectivity index (χ1n) is 20.4. The lowest BCUT2D eigenvalue weighted by molar-refractivity contribution is -0.129. The fourth-order valence-electron chi connectivity index (χ4n) is 6.28. The average Bonchev–Trinajstić information content (AvgIpc) is 3.59. The minimum absolute atomic E-state index is 0.0331. The third-order valence-electron chi connectivity index (χ3n) is 9.38. The van der Waals surface area contributed by atoms with Gasteiger partial charge in [-0.05, 0) is 38.5 Å². The second kappa shape index (κ2) is 33.8. The molecule has 0 bridgehead atoms. The molecule has 3 N–H and O–H groups in total. The molecule has 0 aliphatic heterocycles. The van der Waals surface area contributed by atoms with E-state index < -0.39 is 6.04 Å². The molecule has 0 radical (unpaired) electrons. The van der Waals surface area contributed by atoms with E-state index >= 15 is 0 Å². The van der Waals surface area contributed by atoms with Crippen LogP contribution in [-0.4, -0.2) is 34.4 Å². The highest BCUT2D eigenvalue weighted by Crippen LogP contribution is 2.14. The van der Waals surface area contributed by atoms with Crippen LogP contribution in [0.25, 0.3) is 0 Å². The van der Waals surface area contributed by atoms with Gasteiger partial charge in [0.25, 0.3) is 0 Å². The van der Waals surface area contributed by atoms with Crippen LogP contribution in [-0.2, 0) is 16.0 Å². The molecule has 1 rings (SSSR count). The summed E-state index contributed by atoms with van der Waals surface area (Å²) >= 11 is 0. The number of hydrogen-bond donors (Lipinski definition) is 3. The zero-order valence-electron chi connectivity index (χ0n) is 31.1. The molecule has 1 aromatic heterocycles. The van der Waals surface area contributed by atoms with Gasteiger partial charge in [-0.3, -0.25) is 9.59 Å². The molecule has 2 amide bonds. The smallest absolute Gasteiger partial charge is 0.242 e. The van der Waals surface area contributed by atoms with Crippen molar-refractivity contribution in [2.45, 2.75) is 213 Å². The Bertz CT molecular complexity index is 839. The van der Waals surface area contributed by atoms with E-state index in [9.17, 15) is 9.59 Å². The van der Waals surface area contributed by atoms with Crippen molar-refractivity contribution in [2.75, 3.05) is 6.54 Å². The summed E-state index contributed by atoms with van der Waals surface area (Å²) < 4.78 is 0. The molecule has 272 valence electrons. The summed E-state index contributed by atoms with van der Waals surface area (Å²) in [4.78, 5) is 32.9. The van der Waals surface area contributed by atoms with Gasteiger partial charge in [-0.25, -0.2) is 4.98 Å². The number of unbranched alkanes of at least 4 members (excludes halogenated alkanes) is 25. The zero-order valence-corrected chi connectivity index (χ0v) is 31.1. The Labute approximate surface area is 290 Å². The van der Waals surface area contributed by atoms with Crippen LogP contribution in [0, 0.1) is 0 Å². The van der Waals surface area contributed by atoms with Gasteiger partial charge in [-0.2, -0.15) is 0 Å². The lowest BCUT2D eigenvalue weighted by atomic mass is 10.0. The van der Waals surface area contributed by atoms with E-state index in [1.807, 2.05) is 0 Å². The fourth-order valence-corrected chi connectivity index (χ4v) is 6.28. The molecular formula is C41H76N4O2. The van der Waals surface area contributed by atoms with Gasteiger partial charge in [0.2, 0.25) is 11.8 Å². The second-order valence-corrected chi connectivity index (χ2v) is 14.0. The average molecular weight is 657 g/mol. The Hall–Kier alpha value is -2.11. The number of rotatable bonds is 35. The number of H-pyrrole nitrogens is 1. The van der Waals surface area contributed by atoms with Gasteiger partial charge in [-0.15, -0.1) is 0 Å². The molecule has 0 saturated carbocycles. The van der Waals surface area contributed by atoms with Crippen LogP contribution in [0.15, 0.2) is 24.7 Å². The van der Waals surface area contributed by atoms with Crippen molar-refractivity contribution in [3.63, 3.8) is 0 Å². The van der Waals surface area contributed by atoms with E-state index in [0.29, 0.717) is 19.4 Å². The molecule has 0 aromatic carbocycles. The van der Waals surface area contributed by atoms with Gasteiger partial charge in [0.05, 0.1) is 6.33 Å². The second-order valence-electron chi connectivity index (χ2n) is 14.0. The Balaban J connectivity index is 2.08. The highest BCUT2D eigenvalue weighted by atomic mass is 16.2. The summed E-state index contributed by atoms with van der Waals surface area (Å²) in [6.45, 7) is 5.22. The van der Waals surface area contributed by atoms with Gasteiger partial charge in [-0.1, -0.05) is 167 Å². The number of carbonyl (C=O) groups excluding carboxylic acids is 2. The summed E-state index contributed by atoms with van der Waals surface area (Å²) in [6.07, 6.45) is 45.0. The van der Waals surface area contributed by atoms with Crippen LogP contribution >= 0.6 is 0 Å². The number of hydrogen-bond acceptors (Lipinski definition) is 3. The van der Waals surface area contributed by atoms with Crippen molar-refractivity contribution in [3.05, 3.63) is 30.4 Å². The molecule has 1 heterocycles. The van der Waals surface area contributed by atoms with Crippen LogP contribution in [0.1, 0.15) is 206 Å². The van der Waals surface area contributed by atoms with Gasteiger partial charge in [0.1, 0.15) is 6.04 Å². The Kier molecular flexibility index (Phi) is 30.8. The summed E-state index contributed by atoms with van der Waals surface area (Å²) in [7, 11) is 0. The third-order valence-corrected chi connectivity index (χ3v) is 9.38. The molecule has 0 aliphatic carbocycles. The highest BCUT2D eigenvalue weighted by molar-refractivity contribution is 5.87. The van der Waals surface area contributed by atoms with Crippen molar-refractivity contribution >= 4 is 11.8 Å². The minimum Gasteiger partial charge on any atom is -0.354 e. The third kappa shape index (κ3) is 28.6. The summed E-state index contributed by atoms with van der Waals surface area (Å²) in [5.41, 5.74) is 0.860. The van der Waals surface area contributed by atoms with Gasteiger partial charge in [0, 0.05) is 31.3 Å². The van der Waals surface area contributed by atoms with Crippen molar-refractivity contribution in [1.82, 2.24) is 20.6 Å². The van der Waals surface area contributed by atoms with Gasteiger partial charge in [0.15, 0.2) is 0 Å². The molecular weight excluding hydrogens is 580 g/mol. The normalized spacial score (nSPS) is 12.1. The largest absolute Gasteiger partial charge is 0.354 e. The SMILES string of the molecule is CCCCCCCCC=CCCCCCCCC(=O)NC(Cc1cnc[nH]1)C(=O)NCCCCCCCCCCCCCCCCC. The number of amides is 2. The van der Waals surface area contributed by atoms with Crippen molar-refractivity contribution in [2.24, 2.45) is 0 Å². The summed E-state index contributed by atoms with van der Waals surface area (Å²) in [6, 6.07) is -0.567. The monoisotopic (exact) mass is 657 g/mol.